The van der Waals surface area contributed by atoms with E-state index in [-0.39, 0.29) is 25.0 Å². The minimum Gasteiger partial charge on any atom is -0.458 e. The first kappa shape index (κ1) is 24.0. The van der Waals surface area contributed by atoms with Crippen molar-refractivity contribution >= 4 is 18.5 Å². The molecule has 0 spiro atoms. The highest BCUT2D eigenvalue weighted by Gasteiger charge is 2.26. The van der Waals surface area contributed by atoms with Gasteiger partial charge in [0, 0.05) is 10.5 Å². The zero-order chi connectivity index (χ0) is 23.3. The fraction of sp³-hybridized carbons (Fsp3) is 0.435. The van der Waals surface area contributed by atoms with Crippen LogP contribution >= 0.6 is 12.6 Å². The number of rotatable bonds is 10. The maximum absolute atomic E-state index is 13.0. The second-order valence-electron chi connectivity index (χ2n) is 8.91. The largest absolute Gasteiger partial charge is 0.458 e. The molecule has 7 nitrogen and oxygen atoms in total. The fourth-order valence-electron chi connectivity index (χ4n) is 3.52. The molecule has 0 bridgehead atoms. The topological polar surface area (TPSA) is 73.0 Å². The van der Waals surface area contributed by atoms with Crippen molar-refractivity contribution in [2.24, 2.45) is 5.92 Å². The van der Waals surface area contributed by atoms with Gasteiger partial charge in [-0.25, -0.2) is 9.07 Å². The number of amides is 1. The lowest BCUT2D eigenvalue weighted by Gasteiger charge is -2.27. The van der Waals surface area contributed by atoms with E-state index in [1.807, 2.05) is 64.3 Å². The summed E-state index contributed by atoms with van der Waals surface area (Å²) in [5.74, 6) is 1.27. The number of thiol groups is 1. The van der Waals surface area contributed by atoms with Gasteiger partial charge >= 0.3 is 0 Å². The first-order chi connectivity index (χ1) is 15.2. The minimum absolute atomic E-state index is 0.00956. The summed E-state index contributed by atoms with van der Waals surface area (Å²) in [6, 6.07) is 10.8. The van der Waals surface area contributed by atoms with Crippen molar-refractivity contribution < 1.29 is 18.1 Å². The summed E-state index contributed by atoms with van der Waals surface area (Å²) in [6.45, 7) is 4.83. The lowest BCUT2D eigenvalue weighted by atomic mass is 10.0. The summed E-state index contributed by atoms with van der Waals surface area (Å²) in [5.41, 5.74) is 1.61. The van der Waals surface area contributed by atoms with Gasteiger partial charge in [0.15, 0.2) is 5.76 Å². The molecule has 1 atom stereocenters. The molecule has 3 aromatic rings. The van der Waals surface area contributed by atoms with Crippen molar-refractivity contribution in [3.63, 3.8) is 0 Å². The van der Waals surface area contributed by atoms with Crippen molar-refractivity contribution in [3.05, 3.63) is 54.1 Å². The van der Waals surface area contributed by atoms with E-state index >= 15 is 0 Å². The summed E-state index contributed by atoms with van der Waals surface area (Å²) >= 11 is 4.30. The Bertz CT molecular complexity index is 1030. The zero-order valence-corrected chi connectivity index (χ0v) is 19.8. The van der Waals surface area contributed by atoms with Gasteiger partial charge in [0.2, 0.25) is 5.91 Å². The lowest BCUT2D eigenvalue weighted by molar-refractivity contribution is -0.904. The maximum atomic E-state index is 13.0. The second-order valence-corrected chi connectivity index (χ2v) is 9.43. The van der Waals surface area contributed by atoms with Crippen molar-refractivity contribution in [2.75, 3.05) is 27.3 Å². The van der Waals surface area contributed by atoms with Gasteiger partial charge < -0.3 is 14.2 Å². The number of benzene rings is 1. The van der Waals surface area contributed by atoms with Gasteiger partial charge in [0.05, 0.1) is 26.8 Å². The average molecular weight is 461 g/mol. The van der Waals surface area contributed by atoms with Gasteiger partial charge in [-0.1, -0.05) is 31.2 Å². The summed E-state index contributed by atoms with van der Waals surface area (Å²) in [4.78, 5) is 13.8. The van der Waals surface area contributed by atoms with Gasteiger partial charge in [-0.3, -0.25) is 4.79 Å². The van der Waals surface area contributed by atoms with E-state index in [0.29, 0.717) is 29.0 Å². The standard InChI is InChI=1S/C23H30FN5O2S/c1-16(2)22(28-14-21(26-27-28)17-5-9-20(32)10-6-17)23(30)25-13-18-7-8-19(31-18)15-29(3,4)12-11-24/h5-10,14,16,22H,11-13,15H2,1-4H3,(H-,25,30,32)/p+1/t22-/m0/s1. The first-order valence-corrected chi connectivity index (χ1v) is 11.1. The number of nitrogens with zero attached hydrogens (tertiary/aromatic N) is 4. The van der Waals surface area contributed by atoms with Crippen molar-refractivity contribution in [1.29, 1.82) is 0 Å². The Balaban J connectivity index is 1.65. The van der Waals surface area contributed by atoms with Crippen LogP contribution in [0.2, 0.25) is 0 Å². The van der Waals surface area contributed by atoms with Gasteiger partial charge in [-0.05, 0) is 30.2 Å². The third-order valence-corrected chi connectivity index (χ3v) is 5.58. The Morgan fingerprint density at radius 2 is 1.88 bits per heavy atom. The van der Waals surface area contributed by atoms with Crippen molar-refractivity contribution in [1.82, 2.24) is 20.3 Å². The number of aromatic nitrogens is 3. The highest BCUT2D eigenvalue weighted by Crippen LogP contribution is 2.23. The Morgan fingerprint density at radius 1 is 1.19 bits per heavy atom. The number of hydrogen-bond donors (Lipinski definition) is 2. The molecule has 32 heavy (non-hydrogen) atoms. The van der Waals surface area contributed by atoms with Crippen LogP contribution in [0.3, 0.4) is 0 Å². The zero-order valence-electron chi connectivity index (χ0n) is 19.0. The summed E-state index contributed by atoms with van der Waals surface area (Å²) < 4.78 is 20.6. The van der Waals surface area contributed by atoms with Crippen molar-refractivity contribution in [2.45, 2.75) is 37.9 Å². The molecule has 0 fully saturated rings. The van der Waals surface area contributed by atoms with Crippen LogP contribution in [0.15, 0.2) is 51.9 Å². The summed E-state index contributed by atoms with van der Waals surface area (Å²) in [6.07, 6.45) is 1.79. The molecule has 1 N–H and O–H groups in total. The number of carbonyl (C=O) groups excluding carboxylic acids is 1. The average Bonchev–Trinajstić information content (AvgIpc) is 3.36. The number of quaternary nitrogens is 1. The van der Waals surface area contributed by atoms with Gasteiger partial charge in [-0.15, -0.1) is 17.7 Å². The summed E-state index contributed by atoms with van der Waals surface area (Å²) in [5, 5.41) is 11.4. The van der Waals surface area contributed by atoms with Gasteiger partial charge in [0.1, 0.15) is 37.3 Å². The van der Waals surface area contributed by atoms with Crippen LogP contribution in [0, 0.1) is 5.92 Å². The second kappa shape index (κ2) is 10.3. The molecule has 0 unspecified atom stereocenters. The van der Waals surface area contributed by atoms with E-state index in [4.69, 9.17) is 4.42 Å². The van der Waals surface area contributed by atoms with Crippen LogP contribution in [-0.2, 0) is 17.9 Å². The third-order valence-electron chi connectivity index (χ3n) is 5.29. The number of alkyl halides is 1. The van der Waals surface area contributed by atoms with E-state index in [1.54, 1.807) is 10.9 Å². The molecule has 1 aromatic carbocycles. The van der Waals surface area contributed by atoms with E-state index in [2.05, 4.69) is 28.3 Å². The number of furan rings is 1. The molecule has 0 aliphatic carbocycles. The number of carbonyl (C=O) groups is 1. The summed E-state index contributed by atoms with van der Waals surface area (Å²) in [7, 11) is 3.91. The predicted octanol–water partition coefficient (Wildman–Crippen LogP) is 3.89. The molecule has 0 saturated carbocycles. The normalized spacial score (nSPS) is 12.8. The highest BCUT2D eigenvalue weighted by atomic mass is 32.1. The van der Waals surface area contributed by atoms with E-state index in [1.165, 1.54) is 0 Å². The molecule has 1 amide bonds. The van der Waals surface area contributed by atoms with E-state index in [0.717, 1.165) is 16.2 Å². The van der Waals surface area contributed by atoms with E-state index in [9.17, 15) is 9.18 Å². The number of hydrogen-bond acceptors (Lipinski definition) is 5. The maximum Gasteiger partial charge on any atom is 0.245 e. The SMILES string of the molecule is CC(C)[C@@H](C(=O)NCc1ccc(C[N+](C)(C)CCF)o1)n1cc(-c2ccc(S)cc2)nn1. The quantitative estimate of drug-likeness (QED) is 0.356. The number of halogens is 1. The Hall–Kier alpha value is -2.65. The van der Waals surface area contributed by atoms with Crippen molar-refractivity contribution in [3.8, 4) is 11.3 Å². The van der Waals surface area contributed by atoms with E-state index < -0.39 is 6.04 Å². The molecule has 0 radical (unpaired) electrons. The van der Waals surface area contributed by atoms with Crippen LogP contribution in [-0.4, -0.2) is 52.7 Å². The van der Waals surface area contributed by atoms with Crippen LogP contribution < -0.4 is 5.32 Å². The molecule has 3 rings (SSSR count). The smallest absolute Gasteiger partial charge is 0.245 e. The predicted molar refractivity (Wildman–Crippen MR) is 124 cm³/mol. The lowest BCUT2D eigenvalue weighted by Crippen LogP contribution is -2.40. The Labute approximate surface area is 193 Å². The van der Waals surface area contributed by atoms with Gasteiger partial charge in [0.25, 0.3) is 0 Å². The fourth-order valence-corrected chi connectivity index (χ4v) is 3.67. The molecule has 172 valence electrons. The molecular formula is C23H31FN5O2S+. The molecule has 0 saturated heterocycles. The van der Waals surface area contributed by atoms with Gasteiger partial charge in [-0.2, -0.15) is 0 Å². The molecular weight excluding hydrogens is 429 g/mol. The monoisotopic (exact) mass is 460 g/mol. The molecule has 2 aromatic heterocycles. The number of nitrogens with one attached hydrogen (secondary N) is 1. The third kappa shape index (κ3) is 6.20. The van der Waals surface area contributed by atoms with Crippen LogP contribution in [0.5, 0.6) is 0 Å². The molecule has 0 aliphatic heterocycles. The van der Waals surface area contributed by atoms with Crippen LogP contribution in [0.25, 0.3) is 11.3 Å². The minimum atomic E-state index is -0.505. The first-order valence-electron chi connectivity index (χ1n) is 10.6. The molecule has 9 heteroatoms. The Morgan fingerprint density at radius 3 is 2.53 bits per heavy atom. The highest BCUT2D eigenvalue weighted by molar-refractivity contribution is 7.80. The Kier molecular flexibility index (Phi) is 7.73. The van der Waals surface area contributed by atoms with Crippen LogP contribution in [0.1, 0.15) is 31.4 Å². The molecule has 2 heterocycles. The molecule has 0 aliphatic rings. The van der Waals surface area contributed by atoms with Crippen LogP contribution in [0.4, 0.5) is 4.39 Å².